The molecule has 0 unspecified atom stereocenters. The molecule has 0 saturated heterocycles. The molecule has 1 aliphatic heterocycles. The zero-order chi connectivity index (χ0) is 26.8. The molecule has 4 heterocycles. The van der Waals surface area contributed by atoms with Gasteiger partial charge in [0, 0.05) is 59.3 Å². The van der Waals surface area contributed by atoms with E-state index < -0.39 is 31.3 Å². The van der Waals surface area contributed by atoms with Gasteiger partial charge < -0.3 is 14.6 Å². The largest absolute Gasteiger partial charge is 0.487 e. The van der Waals surface area contributed by atoms with Crippen molar-refractivity contribution in [2.75, 3.05) is 6.50 Å². The van der Waals surface area contributed by atoms with Crippen molar-refractivity contribution in [1.29, 1.82) is 0 Å². The Morgan fingerprint density at radius 3 is 3.03 bits per heavy atom. The first-order valence-electron chi connectivity index (χ1n) is 12.7. The van der Waals surface area contributed by atoms with Crippen LogP contribution in [0.1, 0.15) is 26.5 Å². The molecule has 6 nitrogen and oxygen atoms in total. The van der Waals surface area contributed by atoms with E-state index in [4.69, 9.17) is 14.3 Å². The summed E-state index contributed by atoms with van der Waals surface area (Å²) in [6.07, 6.45) is 2.17. The number of ether oxygens (including phenoxy) is 1. The minimum absolute atomic E-state index is 0.0247. The fraction of sp³-hybridized carbons (Fsp3) is 0.217. The average molecular weight is 411 g/mol. The highest BCUT2D eigenvalue weighted by Gasteiger charge is 2.18. The van der Waals surface area contributed by atoms with Gasteiger partial charge in [-0.1, -0.05) is 6.07 Å². The van der Waals surface area contributed by atoms with Crippen molar-refractivity contribution < 1.29 is 18.7 Å². The van der Waals surface area contributed by atoms with Gasteiger partial charge in [0.1, 0.15) is 18.2 Å². The van der Waals surface area contributed by atoms with E-state index in [-0.39, 0.29) is 35.6 Å². The summed E-state index contributed by atoms with van der Waals surface area (Å²) in [5, 5.41) is 2.62. The molecule has 0 aliphatic carbocycles. The fourth-order valence-electron chi connectivity index (χ4n) is 3.43. The SMILES string of the molecule is [2H]C1([2H])Cc2c(c3ccc(-n4ccc(OCc5ccc(F)cn5)cc4=O)cc3n2C([2H])([2H])[2H])C([2H])([2H])N1. The molecule has 3 aromatic heterocycles. The summed E-state index contributed by atoms with van der Waals surface area (Å²) in [6.45, 7) is -7.17. The van der Waals surface area contributed by atoms with Gasteiger partial charge in [-0.2, -0.15) is 0 Å². The minimum Gasteiger partial charge on any atom is -0.487 e. The van der Waals surface area contributed by atoms with Crippen molar-refractivity contribution in [2.24, 2.45) is 6.98 Å². The summed E-state index contributed by atoms with van der Waals surface area (Å²) in [7, 11) is 0. The molecule has 7 heteroatoms. The van der Waals surface area contributed by atoms with Gasteiger partial charge in [-0.05, 0) is 35.9 Å². The topological polar surface area (TPSA) is 61.1 Å². The Morgan fingerprint density at radius 1 is 1.30 bits per heavy atom. The molecule has 1 aromatic carbocycles. The number of pyridine rings is 2. The van der Waals surface area contributed by atoms with Crippen molar-refractivity contribution in [3.05, 3.63) is 88.0 Å². The molecule has 0 bridgehead atoms. The maximum Gasteiger partial charge on any atom is 0.258 e. The van der Waals surface area contributed by atoms with Gasteiger partial charge >= 0.3 is 0 Å². The summed E-state index contributed by atoms with van der Waals surface area (Å²) in [4.78, 5) is 16.8. The van der Waals surface area contributed by atoms with E-state index in [0.29, 0.717) is 16.8 Å². The van der Waals surface area contributed by atoms with Gasteiger partial charge in [0.25, 0.3) is 5.56 Å². The van der Waals surface area contributed by atoms with Crippen LogP contribution in [0.2, 0.25) is 0 Å². The van der Waals surface area contributed by atoms with Gasteiger partial charge in [0.05, 0.1) is 23.1 Å². The van der Waals surface area contributed by atoms with Crippen molar-refractivity contribution in [3.63, 3.8) is 0 Å². The van der Waals surface area contributed by atoms with E-state index in [2.05, 4.69) is 10.3 Å². The number of aryl methyl sites for hydroxylation is 1. The molecule has 152 valence electrons. The van der Waals surface area contributed by atoms with Gasteiger partial charge in [-0.25, -0.2) is 4.39 Å². The summed E-state index contributed by atoms with van der Waals surface area (Å²) < 4.78 is 77.9. The zero-order valence-electron chi connectivity index (χ0n) is 22.6. The van der Waals surface area contributed by atoms with Gasteiger partial charge in [0.15, 0.2) is 0 Å². The Hall–Kier alpha value is -3.45. The predicted octanol–water partition coefficient (Wildman–Crippen LogP) is 3.09. The Bertz CT molecular complexity index is 1560. The number of nitrogens with one attached hydrogen (secondary N) is 1. The lowest BCUT2D eigenvalue weighted by Crippen LogP contribution is -2.24. The van der Waals surface area contributed by atoms with Crippen LogP contribution in [0.25, 0.3) is 16.6 Å². The van der Waals surface area contributed by atoms with Gasteiger partial charge in [0.2, 0.25) is 0 Å². The quantitative estimate of drug-likeness (QED) is 0.561. The predicted molar refractivity (Wildman–Crippen MR) is 112 cm³/mol. The molecule has 4 aromatic rings. The maximum absolute atomic E-state index is 13.0. The number of aromatic nitrogens is 3. The summed E-state index contributed by atoms with van der Waals surface area (Å²) in [5.41, 5.74) is 0.594. The van der Waals surface area contributed by atoms with Crippen LogP contribution in [-0.4, -0.2) is 20.6 Å². The number of fused-ring (bicyclic) bond motifs is 3. The molecule has 0 amide bonds. The lowest BCUT2D eigenvalue weighted by atomic mass is 10.1. The molecule has 0 spiro atoms. The highest BCUT2D eigenvalue weighted by atomic mass is 19.1. The number of nitrogens with zero attached hydrogens (tertiary/aromatic N) is 3. The van der Waals surface area contributed by atoms with E-state index >= 15 is 0 Å². The van der Waals surface area contributed by atoms with Crippen LogP contribution in [0, 0.1) is 5.82 Å². The lowest BCUT2D eigenvalue weighted by molar-refractivity contribution is 0.300. The molecule has 0 atom stereocenters. The van der Waals surface area contributed by atoms with Crippen LogP contribution in [0.3, 0.4) is 0 Å². The molecule has 30 heavy (non-hydrogen) atoms. The van der Waals surface area contributed by atoms with Crippen molar-refractivity contribution >= 4 is 10.9 Å². The molecule has 1 aliphatic rings. The van der Waals surface area contributed by atoms with Crippen LogP contribution < -0.4 is 15.6 Å². The average Bonchev–Trinajstić information content (AvgIpc) is 3.11. The smallest absolute Gasteiger partial charge is 0.258 e. The normalized spacial score (nSPS) is 20.6. The fourth-order valence-corrected chi connectivity index (χ4v) is 3.43. The van der Waals surface area contributed by atoms with E-state index in [9.17, 15) is 9.18 Å². The zero-order valence-corrected chi connectivity index (χ0v) is 15.6. The molecule has 1 N–H and O–H groups in total. The second-order valence-electron chi connectivity index (χ2n) is 6.79. The van der Waals surface area contributed by atoms with Crippen LogP contribution in [-0.2, 0) is 26.5 Å². The standard InChI is InChI=1S/C23H21FN4O2/c1-27-21-6-8-25-13-20(21)19-5-4-17(10-22(19)27)28-9-7-18(11-23(28)29)30-14-16-3-2-15(24)12-26-16/h2-5,7,9-12,25H,6,8,13-14H2,1H3/i1D3,8D2,13D2. The van der Waals surface area contributed by atoms with Gasteiger partial charge in [-0.15, -0.1) is 0 Å². The number of halogens is 1. The summed E-state index contributed by atoms with van der Waals surface area (Å²) >= 11 is 0. The molecule has 0 saturated carbocycles. The summed E-state index contributed by atoms with van der Waals surface area (Å²) in [6, 6.07) is 10.1. The third-order valence-corrected chi connectivity index (χ3v) is 4.93. The molecular weight excluding hydrogens is 383 g/mol. The number of hydrogen-bond donors (Lipinski definition) is 1. The van der Waals surface area contributed by atoms with Crippen molar-refractivity contribution in [1.82, 2.24) is 19.4 Å². The van der Waals surface area contributed by atoms with Crippen molar-refractivity contribution in [3.8, 4) is 11.4 Å². The Labute approximate surface area is 182 Å². The third-order valence-electron chi connectivity index (χ3n) is 4.93. The molecule has 0 radical (unpaired) electrons. The Balaban J connectivity index is 1.55. The maximum atomic E-state index is 13.0. The lowest BCUT2D eigenvalue weighted by Gasteiger charge is -2.14. The second kappa shape index (κ2) is 7.42. The second-order valence-corrected chi connectivity index (χ2v) is 6.79. The molecular formula is C23H21FN4O2. The first-order valence-corrected chi connectivity index (χ1v) is 9.19. The highest BCUT2D eigenvalue weighted by molar-refractivity contribution is 5.87. The van der Waals surface area contributed by atoms with Crippen LogP contribution in [0.4, 0.5) is 4.39 Å². The van der Waals surface area contributed by atoms with Crippen LogP contribution in [0.5, 0.6) is 5.75 Å². The third kappa shape index (κ3) is 3.27. The Kier molecular flexibility index (Phi) is 3.04. The van der Waals surface area contributed by atoms with Crippen LogP contribution in [0.15, 0.2) is 59.7 Å². The molecule has 5 rings (SSSR count). The number of hydrogen-bond acceptors (Lipinski definition) is 4. The highest BCUT2D eigenvalue weighted by Crippen LogP contribution is 2.29. The first kappa shape index (κ1) is 12.3. The first-order chi connectivity index (χ1) is 17.2. The van der Waals surface area contributed by atoms with E-state index in [0.717, 1.165) is 10.8 Å². The van der Waals surface area contributed by atoms with Gasteiger partial charge in [-0.3, -0.25) is 14.3 Å². The van der Waals surface area contributed by atoms with E-state index in [1.165, 1.54) is 41.1 Å². The van der Waals surface area contributed by atoms with Crippen LogP contribution >= 0.6 is 0 Å². The number of rotatable bonds is 4. The van der Waals surface area contributed by atoms with Crippen molar-refractivity contribution in [2.45, 2.75) is 19.5 Å². The number of benzene rings is 1. The summed E-state index contributed by atoms with van der Waals surface area (Å²) in [5.74, 6) is -0.212. The monoisotopic (exact) mass is 411 g/mol. The minimum atomic E-state index is -2.72. The molecule has 0 fully saturated rings. The van der Waals surface area contributed by atoms with E-state index in [1.54, 1.807) is 12.1 Å². The van der Waals surface area contributed by atoms with E-state index in [1.807, 2.05) is 0 Å². The Morgan fingerprint density at radius 2 is 2.23 bits per heavy atom.